The molecule has 0 aliphatic heterocycles. The lowest BCUT2D eigenvalue weighted by Gasteiger charge is -2.14. The fourth-order valence-corrected chi connectivity index (χ4v) is 2.60. The van der Waals surface area contributed by atoms with Crippen molar-refractivity contribution in [2.75, 3.05) is 5.32 Å². The molecule has 3 rings (SSSR count). The molecule has 0 saturated heterocycles. The van der Waals surface area contributed by atoms with Gasteiger partial charge in [0.2, 0.25) is 5.96 Å². The van der Waals surface area contributed by atoms with Gasteiger partial charge in [-0.05, 0) is 55.0 Å². The van der Waals surface area contributed by atoms with Crippen molar-refractivity contribution in [1.82, 2.24) is 10.3 Å². The Balaban J connectivity index is 1.85. The molecule has 0 radical (unpaired) electrons. The van der Waals surface area contributed by atoms with Gasteiger partial charge in [0.25, 0.3) is 5.91 Å². The molecule has 0 fully saturated rings. The highest BCUT2D eigenvalue weighted by atomic mass is 35.5. The van der Waals surface area contributed by atoms with Crippen LogP contribution in [-0.4, -0.2) is 16.9 Å². The summed E-state index contributed by atoms with van der Waals surface area (Å²) in [5.41, 5.74) is 2.56. The van der Waals surface area contributed by atoms with Crippen LogP contribution in [0.2, 0.25) is 5.02 Å². The van der Waals surface area contributed by atoms with Crippen molar-refractivity contribution in [3.05, 3.63) is 94.5 Å². The molecule has 3 aromatic rings. The first kappa shape index (κ1) is 19.5. The fraction of sp³-hybridized carbons (Fsp3) is 0.0952. The quantitative estimate of drug-likeness (QED) is 0.501. The molecular formula is C21H18ClFN4O. The van der Waals surface area contributed by atoms with Gasteiger partial charge >= 0.3 is 0 Å². The molecule has 142 valence electrons. The minimum absolute atomic E-state index is 0.190. The molecule has 0 unspecified atom stereocenters. The number of nitrogens with zero attached hydrogens (tertiary/aromatic N) is 2. The molecule has 0 saturated carbocycles. The Morgan fingerprint density at radius 2 is 2.00 bits per heavy atom. The van der Waals surface area contributed by atoms with E-state index in [1.807, 2.05) is 31.2 Å². The minimum Gasteiger partial charge on any atom is -0.326 e. The van der Waals surface area contributed by atoms with Gasteiger partial charge in [-0.2, -0.15) is 0 Å². The summed E-state index contributed by atoms with van der Waals surface area (Å²) in [7, 11) is 0. The summed E-state index contributed by atoms with van der Waals surface area (Å²) in [6.45, 7) is 2.16. The zero-order chi connectivity index (χ0) is 19.9. The molecule has 2 aromatic carbocycles. The second kappa shape index (κ2) is 9.10. The number of carbonyl (C=O) groups is 1. The van der Waals surface area contributed by atoms with Crippen LogP contribution in [0.15, 0.2) is 71.9 Å². The highest BCUT2D eigenvalue weighted by molar-refractivity contribution is 6.31. The van der Waals surface area contributed by atoms with Gasteiger partial charge in [0.05, 0.1) is 12.2 Å². The highest BCUT2D eigenvalue weighted by Gasteiger charge is 2.11. The Kier molecular flexibility index (Phi) is 6.34. The number of nitrogens with one attached hydrogen (secondary N) is 2. The minimum atomic E-state index is -0.488. The summed E-state index contributed by atoms with van der Waals surface area (Å²) in [4.78, 5) is 21.2. The van der Waals surface area contributed by atoms with Crippen molar-refractivity contribution in [1.29, 1.82) is 0 Å². The Morgan fingerprint density at radius 1 is 1.14 bits per heavy atom. The van der Waals surface area contributed by atoms with E-state index in [9.17, 15) is 9.18 Å². The van der Waals surface area contributed by atoms with Crippen molar-refractivity contribution in [3.8, 4) is 0 Å². The third-order valence-corrected chi connectivity index (χ3v) is 4.13. The van der Waals surface area contributed by atoms with Crippen LogP contribution in [0.3, 0.4) is 0 Å². The molecule has 0 aliphatic carbocycles. The first-order valence-electron chi connectivity index (χ1n) is 8.56. The number of anilines is 1. The fourth-order valence-electron chi connectivity index (χ4n) is 2.43. The van der Waals surface area contributed by atoms with Crippen LogP contribution in [0.5, 0.6) is 0 Å². The number of guanidine groups is 1. The lowest BCUT2D eigenvalue weighted by atomic mass is 10.2. The van der Waals surface area contributed by atoms with Gasteiger partial charge in [-0.15, -0.1) is 0 Å². The van der Waals surface area contributed by atoms with E-state index in [1.165, 1.54) is 18.2 Å². The summed E-state index contributed by atoms with van der Waals surface area (Å²) >= 11 is 6.07. The maximum Gasteiger partial charge on any atom is 0.258 e. The topological polar surface area (TPSA) is 66.4 Å². The van der Waals surface area contributed by atoms with Crippen LogP contribution in [0, 0.1) is 12.7 Å². The molecule has 0 bridgehead atoms. The molecule has 1 amide bonds. The van der Waals surface area contributed by atoms with Gasteiger partial charge in [0.15, 0.2) is 0 Å². The van der Waals surface area contributed by atoms with Gasteiger partial charge in [-0.3, -0.25) is 15.1 Å². The van der Waals surface area contributed by atoms with E-state index in [2.05, 4.69) is 20.6 Å². The number of aliphatic imine (C=N–C) groups is 1. The van der Waals surface area contributed by atoms with Gasteiger partial charge in [0, 0.05) is 22.5 Å². The molecule has 5 nitrogen and oxygen atoms in total. The normalized spacial score (nSPS) is 11.2. The number of amides is 1. The Bertz CT molecular complexity index is 1010. The predicted molar refractivity (Wildman–Crippen MR) is 109 cm³/mol. The monoisotopic (exact) mass is 396 g/mol. The second-order valence-corrected chi connectivity index (χ2v) is 6.47. The van der Waals surface area contributed by atoms with Gasteiger partial charge in [-0.25, -0.2) is 9.38 Å². The Morgan fingerprint density at radius 3 is 2.75 bits per heavy atom. The van der Waals surface area contributed by atoms with Gasteiger partial charge in [0.1, 0.15) is 5.82 Å². The maximum absolute atomic E-state index is 13.4. The lowest BCUT2D eigenvalue weighted by Crippen LogP contribution is -2.36. The van der Waals surface area contributed by atoms with Crippen molar-refractivity contribution in [2.45, 2.75) is 13.5 Å². The Hall–Kier alpha value is -3.25. The Labute approximate surface area is 167 Å². The van der Waals surface area contributed by atoms with Crippen molar-refractivity contribution in [2.24, 2.45) is 4.99 Å². The number of hydrogen-bond acceptors (Lipinski definition) is 3. The van der Waals surface area contributed by atoms with Crippen LogP contribution in [0.1, 0.15) is 21.6 Å². The molecule has 0 aliphatic rings. The SMILES string of the molecule is Cc1ccc(Cl)cc1NC(=NCc1ccccn1)NC(=O)c1cccc(F)c1. The van der Waals surface area contributed by atoms with Crippen LogP contribution >= 0.6 is 11.6 Å². The summed E-state index contributed by atoms with van der Waals surface area (Å²) in [5, 5.41) is 6.32. The number of halogens is 2. The van der Waals surface area contributed by atoms with E-state index in [1.54, 1.807) is 18.3 Å². The average molecular weight is 397 g/mol. The molecule has 7 heteroatoms. The van der Waals surface area contributed by atoms with E-state index in [-0.39, 0.29) is 18.1 Å². The smallest absolute Gasteiger partial charge is 0.258 e. The zero-order valence-electron chi connectivity index (χ0n) is 15.1. The standard InChI is InChI=1S/C21H18ClFN4O/c1-14-8-9-16(22)12-19(14)26-21(25-13-18-7-2-3-10-24-18)27-20(28)15-5-4-6-17(23)11-15/h2-12H,13H2,1H3,(H2,25,26,27,28). The molecule has 0 spiro atoms. The predicted octanol–water partition coefficient (Wildman–Crippen LogP) is 4.58. The number of aryl methyl sites for hydroxylation is 1. The van der Waals surface area contributed by atoms with Crippen molar-refractivity contribution >= 4 is 29.2 Å². The third kappa shape index (κ3) is 5.37. The number of hydrogen-bond donors (Lipinski definition) is 2. The first-order chi connectivity index (χ1) is 13.5. The van der Waals surface area contributed by atoms with Crippen molar-refractivity contribution in [3.63, 3.8) is 0 Å². The van der Waals surface area contributed by atoms with Gasteiger partial charge in [-0.1, -0.05) is 29.8 Å². The van der Waals surface area contributed by atoms with Gasteiger partial charge < -0.3 is 5.32 Å². The van der Waals surface area contributed by atoms with E-state index >= 15 is 0 Å². The van der Waals surface area contributed by atoms with Crippen LogP contribution < -0.4 is 10.6 Å². The lowest BCUT2D eigenvalue weighted by molar-refractivity contribution is 0.0976. The number of benzene rings is 2. The number of pyridine rings is 1. The molecule has 1 heterocycles. The number of rotatable bonds is 4. The number of carbonyl (C=O) groups excluding carboxylic acids is 1. The number of aromatic nitrogens is 1. The largest absolute Gasteiger partial charge is 0.326 e. The molecule has 28 heavy (non-hydrogen) atoms. The second-order valence-electron chi connectivity index (χ2n) is 6.03. The van der Waals surface area contributed by atoms with E-state index in [0.717, 1.165) is 17.3 Å². The summed E-state index contributed by atoms with van der Waals surface area (Å²) < 4.78 is 13.4. The van der Waals surface area contributed by atoms with Crippen LogP contribution in [0.25, 0.3) is 0 Å². The van der Waals surface area contributed by atoms with Crippen LogP contribution in [0.4, 0.5) is 10.1 Å². The zero-order valence-corrected chi connectivity index (χ0v) is 15.9. The molecule has 0 atom stereocenters. The van der Waals surface area contributed by atoms with E-state index < -0.39 is 11.7 Å². The van der Waals surface area contributed by atoms with Crippen LogP contribution in [-0.2, 0) is 6.54 Å². The summed E-state index contributed by atoms with van der Waals surface area (Å²) in [6.07, 6.45) is 1.67. The summed E-state index contributed by atoms with van der Waals surface area (Å²) in [6, 6.07) is 16.3. The molecular weight excluding hydrogens is 379 g/mol. The third-order valence-electron chi connectivity index (χ3n) is 3.90. The average Bonchev–Trinajstić information content (AvgIpc) is 2.69. The first-order valence-corrected chi connectivity index (χ1v) is 8.93. The maximum atomic E-state index is 13.4. The van der Waals surface area contributed by atoms with Crippen molar-refractivity contribution < 1.29 is 9.18 Å². The molecule has 1 aromatic heterocycles. The summed E-state index contributed by atoms with van der Waals surface area (Å²) in [5.74, 6) is -0.755. The highest BCUT2D eigenvalue weighted by Crippen LogP contribution is 2.20. The van der Waals surface area contributed by atoms with E-state index in [0.29, 0.717) is 10.7 Å². The van der Waals surface area contributed by atoms with E-state index in [4.69, 9.17) is 11.6 Å². The molecule has 2 N–H and O–H groups in total.